The van der Waals surface area contributed by atoms with Crippen molar-refractivity contribution in [3.05, 3.63) is 64.9 Å². The molecule has 0 aliphatic rings. The average molecular weight is 301 g/mol. The lowest BCUT2D eigenvalue weighted by Gasteiger charge is -2.04. The van der Waals surface area contributed by atoms with Gasteiger partial charge in [-0.05, 0) is 40.2 Å². The van der Waals surface area contributed by atoms with Crippen molar-refractivity contribution in [2.75, 3.05) is 0 Å². The molecule has 1 aromatic heterocycles. The number of para-hydroxylation sites is 1. The number of halogens is 2. The highest BCUT2D eigenvalue weighted by Gasteiger charge is 2.05. The molecule has 1 radical (unpaired) electrons. The molecule has 1 heterocycles. The van der Waals surface area contributed by atoms with E-state index < -0.39 is 0 Å². The number of benzene rings is 2. The molecular formula is C15H8BrFN. The van der Waals surface area contributed by atoms with Crippen LogP contribution in [-0.4, -0.2) is 4.98 Å². The van der Waals surface area contributed by atoms with E-state index in [2.05, 4.69) is 27.0 Å². The Hall–Kier alpha value is -1.74. The summed E-state index contributed by atoms with van der Waals surface area (Å²) in [6, 6.07) is 17.2. The van der Waals surface area contributed by atoms with E-state index in [0.29, 0.717) is 5.69 Å². The Morgan fingerprint density at radius 3 is 2.78 bits per heavy atom. The van der Waals surface area contributed by atoms with Gasteiger partial charge in [-0.25, -0.2) is 9.37 Å². The van der Waals surface area contributed by atoms with Crippen LogP contribution >= 0.6 is 15.9 Å². The van der Waals surface area contributed by atoms with Crippen LogP contribution in [-0.2, 0) is 0 Å². The first-order valence-corrected chi connectivity index (χ1v) is 6.26. The van der Waals surface area contributed by atoms with Gasteiger partial charge in [0.25, 0.3) is 0 Å². The van der Waals surface area contributed by atoms with E-state index in [-0.39, 0.29) is 5.82 Å². The van der Waals surface area contributed by atoms with Crippen LogP contribution in [0.1, 0.15) is 0 Å². The van der Waals surface area contributed by atoms with Crippen LogP contribution in [0.15, 0.2) is 53.0 Å². The van der Waals surface area contributed by atoms with Crippen LogP contribution in [0.2, 0.25) is 0 Å². The molecule has 0 unspecified atom stereocenters. The minimum Gasteiger partial charge on any atom is -0.246 e. The van der Waals surface area contributed by atoms with Crippen LogP contribution < -0.4 is 0 Å². The number of nitrogens with zero attached hydrogens (tertiary/aromatic N) is 1. The van der Waals surface area contributed by atoms with Crippen molar-refractivity contribution in [2.24, 2.45) is 0 Å². The summed E-state index contributed by atoms with van der Waals surface area (Å²) in [4.78, 5) is 4.52. The van der Waals surface area contributed by atoms with Crippen LogP contribution in [0.3, 0.4) is 0 Å². The summed E-state index contributed by atoms with van der Waals surface area (Å²) in [5, 5.41) is 1.00. The third-order valence-corrected chi connectivity index (χ3v) is 3.34. The Morgan fingerprint density at radius 2 is 1.94 bits per heavy atom. The second-order valence-electron chi connectivity index (χ2n) is 3.94. The van der Waals surface area contributed by atoms with Crippen LogP contribution in [0, 0.1) is 11.9 Å². The molecule has 0 spiro atoms. The van der Waals surface area contributed by atoms with E-state index in [1.54, 1.807) is 6.07 Å². The highest BCUT2D eigenvalue weighted by Crippen LogP contribution is 2.25. The highest BCUT2D eigenvalue weighted by atomic mass is 79.9. The number of fused-ring (bicyclic) bond motifs is 1. The molecule has 0 bridgehead atoms. The van der Waals surface area contributed by atoms with Gasteiger partial charge in [0, 0.05) is 21.5 Å². The zero-order valence-electron chi connectivity index (χ0n) is 9.32. The molecule has 0 amide bonds. The highest BCUT2D eigenvalue weighted by molar-refractivity contribution is 9.10. The molecule has 1 nitrogen and oxygen atoms in total. The van der Waals surface area contributed by atoms with Gasteiger partial charge in [-0.15, -0.1) is 0 Å². The standard InChI is InChI=1S/C15H8BrFN/c16-13-6-2-3-10-7-8-14(18-15(10)13)11-4-1-5-12(17)9-11/h1-7,9H. The molecule has 87 valence electrons. The smallest absolute Gasteiger partial charge is 0.123 e. The van der Waals surface area contributed by atoms with Crippen molar-refractivity contribution in [2.45, 2.75) is 0 Å². The molecule has 0 saturated carbocycles. The molecule has 2 aromatic carbocycles. The summed E-state index contributed by atoms with van der Waals surface area (Å²) in [5.41, 5.74) is 2.23. The number of hydrogen-bond acceptors (Lipinski definition) is 1. The van der Waals surface area contributed by atoms with Gasteiger partial charge in [0.15, 0.2) is 0 Å². The molecule has 0 N–H and O–H groups in total. The SMILES string of the molecule is Fc1cccc(-c2[c]cc3cccc(Br)c3n2)c1. The Bertz CT molecular complexity index is 725. The molecule has 3 rings (SSSR count). The monoisotopic (exact) mass is 300 g/mol. The fraction of sp³-hybridized carbons (Fsp3) is 0. The molecule has 0 aliphatic carbocycles. The van der Waals surface area contributed by atoms with E-state index in [0.717, 1.165) is 20.9 Å². The summed E-state index contributed by atoms with van der Waals surface area (Å²) in [6.45, 7) is 0. The van der Waals surface area contributed by atoms with Crippen LogP contribution in [0.5, 0.6) is 0 Å². The minimum absolute atomic E-state index is 0.269. The summed E-state index contributed by atoms with van der Waals surface area (Å²) >= 11 is 3.47. The number of rotatable bonds is 1. The molecule has 0 fully saturated rings. The summed E-state index contributed by atoms with van der Waals surface area (Å²) in [5.74, 6) is -0.269. The molecule has 0 atom stereocenters. The molecule has 0 saturated heterocycles. The maximum atomic E-state index is 13.2. The Morgan fingerprint density at radius 1 is 1.11 bits per heavy atom. The lowest BCUT2D eigenvalue weighted by Crippen LogP contribution is -1.87. The second kappa shape index (κ2) is 4.50. The quantitative estimate of drug-likeness (QED) is 0.640. The molecule has 3 heteroatoms. The maximum absolute atomic E-state index is 13.2. The predicted molar refractivity (Wildman–Crippen MR) is 73.7 cm³/mol. The Labute approximate surface area is 112 Å². The topological polar surface area (TPSA) is 12.9 Å². The van der Waals surface area contributed by atoms with Gasteiger partial charge in [-0.3, -0.25) is 0 Å². The van der Waals surface area contributed by atoms with E-state index in [4.69, 9.17) is 0 Å². The minimum atomic E-state index is -0.269. The van der Waals surface area contributed by atoms with Gasteiger partial charge in [0.2, 0.25) is 0 Å². The molecule has 0 aliphatic heterocycles. The third kappa shape index (κ3) is 2.02. The lowest BCUT2D eigenvalue weighted by molar-refractivity contribution is 0.628. The lowest BCUT2D eigenvalue weighted by atomic mass is 10.1. The van der Waals surface area contributed by atoms with E-state index in [1.807, 2.05) is 30.3 Å². The van der Waals surface area contributed by atoms with Crippen LogP contribution in [0.25, 0.3) is 22.2 Å². The zero-order valence-corrected chi connectivity index (χ0v) is 10.9. The van der Waals surface area contributed by atoms with Crippen molar-refractivity contribution >= 4 is 26.8 Å². The normalized spacial score (nSPS) is 10.8. The van der Waals surface area contributed by atoms with Gasteiger partial charge in [0.05, 0.1) is 11.2 Å². The number of hydrogen-bond donors (Lipinski definition) is 0. The van der Waals surface area contributed by atoms with Crippen molar-refractivity contribution < 1.29 is 4.39 Å². The number of aromatic nitrogens is 1. The van der Waals surface area contributed by atoms with Crippen LogP contribution in [0.4, 0.5) is 4.39 Å². The van der Waals surface area contributed by atoms with Gasteiger partial charge in [0.1, 0.15) is 5.82 Å². The fourth-order valence-corrected chi connectivity index (χ4v) is 2.31. The van der Waals surface area contributed by atoms with Gasteiger partial charge in [-0.1, -0.05) is 24.3 Å². The summed E-state index contributed by atoms with van der Waals surface area (Å²) < 4.78 is 14.1. The summed E-state index contributed by atoms with van der Waals surface area (Å²) in [7, 11) is 0. The Kier molecular flexibility index (Phi) is 2.84. The Balaban J connectivity index is 2.22. The molecule has 3 aromatic rings. The zero-order chi connectivity index (χ0) is 12.5. The third-order valence-electron chi connectivity index (χ3n) is 2.70. The maximum Gasteiger partial charge on any atom is 0.123 e. The second-order valence-corrected chi connectivity index (χ2v) is 4.79. The van der Waals surface area contributed by atoms with E-state index in [9.17, 15) is 4.39 Å². The van der Waals surface area contributed by atoms with Crippen molar-refractivity contribution in [3.8, 4) is 11.3 Å². The van der Waals surface area contributed by atoms with E-state index in [1.165, 1.54) is 12.1 Å². The molecular weight excluding hydrogens is 293 g/mol. The fourth-order valence-electron chi connectivity index (χ4n) is 1.84. The first-order valence-electron chi connectivity index (χ1n) is 5.47. The number of pyridine rings is 1. The van der Waals surface area contributed by atoms with Crippen molar-refractivity contribution in [3.63, 3.8) is 0 Å². The summed E-state index contributed by atoms with van der Waals surface area (Å²) in [6.07, 6.45) is 0. The van der Waals surface area contributed by atoms with Crippen molar-refractivity contribution in [1.82, 2.24) is 4.98 Å². The van der Waals surface area contributed by atoms with E-state index >= 15 is 0 Å². The van der Waals surface area contributed by atoms with Crippen molar-refractivity contribution in [1.29, 1.82) is 0 Å². The van der Waals surface area contributed by atoms with Gasteiger partial charge < -0.3 is 0 Å². The first kappa shape index (κ1) is 11.4. The van der Waals surface area contributed by atoms with Gasteiger partial charge in [-0.2, -0.15) is 0 Å². The predicted octanol–water partition coefficient (Wildman–Crippen LogP) is 4.60. The first-order chi connectivity index (χ1) is 8.74. The molecule has 18 heavy (non-hydrogen) atoms. The average Bonchev–Trinajstić information content (AvgIpc) is 2.39. The largest absolute Gasteiger partial charge is 0.246 e. The van der Waals surface area contributed by atoms with Gasteiger partial charge >= 0.3 is 0 Å².